The number of benzene rings is 2. The average Bonchev–Trinajstić information content (AvgIpc) is 2.90. The summed E-state index contributed by atoms with van der Waals surface area (Å²) in [5.74, 6) is 0.0188. The van der Waals surface area contributed by atoms with E-state index in [9.17, 15) is 30.7 Å². The number of nitrogens with zero attached hydrogens (tertiary/aromatic N) is 4. The second kappa shape index (κ2) is 13.4. The van der Waals surface area contributed by atoms with Gasteiger partial charge in [-0.1, -0.05) is 0 Å². The zero-order chi connectivity index (χ0) is 29.1. The van der Waals surface area contributed by atoms with Crippen LogP contribution in [-0.2, 0) is 12.4 Å². The van der Waals surface area contributed by atoms with Gasteiger partial charge in [0.15, 0.2) is 0 Å². The smallest absolute Gasteiger partial charge is 0.416 e. The van der Waals surface area contributed by atoms with Gasteiger partial charge >= 0.3 is 12.4 Å². The van der Waals surface area contributed by atoms with Crippen LogP contribution in [0.4, 0.5) is 30.7 Å². The third kappa shape index (κ3) is 10.4. The van der Waals surface area contributed by atoms with Gasteiger partial charge in [0.1, 0.15) is 46.6 Å². The van der Waals surface area contributed by atoms with Crippen LogP contribution in [0.2, 0.25) is 0 Å². The Morgan fingerprint density at radius 1 is 0.615 bits per heavy atom. The molecule has 0 aliphatic carbocycles. The summed E-state index contributed by atoms with van der Waals surface area (Å²) < 4.78 is 89.9. The molecule has 39 heavy (non-hydrogen) atoms. The molecule has 2 aromatic carbocycles. The zero-order valence-electron chi connectivity index (χ0n) is 19.4. The third-order valence-corrected chi connectivity index (χ3v) is 4.30. The summed E-state index contributed by atoms with van der Waals surface area (Å²) in [6.45, 7) is 0. The first-order valence-electron chi connectivity index (χ1n) is 10.4. The van der Waals surface area contributed by atoms with Crippen molar-refractivity contribution in [3.05, 3.63) is 114 Å². The van der Waals surface area contributed by atoms with Crippen LogP contribution < -0.4 is 4.74 Å². The molecule has 0 fully saturated rings. The zero-order valence-corrected chi connectivity index (χ0v) is 19.4. The second-order valence-corrected chi connectivity index (χ2v) is 7.13. The molecular weight excluding hydrogens is 533 g/mol. The van der Waals surface area contributed by atoms with Gasteiger partial charge in [-0.25, -0.2) is 14.4 Å². The maximum Gasteiger partial charge on any atom is 0.416 e. The van der Waals surface area contributed by atoms with Crippen molar-refractivity contribution in [3.63, 3.8) is 0 Å². The number of hydrogen-bond acceptors (Lipinski definition) is 6. The van der Waals surface area contributed by atoms with Crippen molar-refractivity contribution >= 4 is 0 Å². The molecule has 0 radical (unpaired) electrons. The highest BCUT2D eigenvalue weighted by Crippen LogP contribution is 2.31. The van der Waals surface area contributed by atoms with Gasteiger partial charge in [0.25, 0.3) is 0 Å². The van der Waals surface area contributed by atoms with Gasteiger partial charge in [0, 0.05) is 0 Å². The molecule has 6 nitrogen and oxygen atoms in total. The van der Waals surface area contributed by atoms with Crippen LogP contribution >= 0.6 is 0 Å². The van der Waals surface area contributed by atoms with Gasteiger partial charge in [0.2, 0.25) is 0 Å². The minimum absolute atomic E-state index is 0.169. The number of rotatable bonds is 2. The summed E-state index contributed by atoms with van der Waals surface area (Å²) in [6.07, 6.45) is -6.35. The molecule has 2 aromatic heterocycles. The van der Waals surface area contributed by atoms with Gasteiger partial charge in [0.05, 0.1) is 23.5 Å². The number of aromatic nitrogens is 2. The van der Waals surface area contributed by atoms with Crippen molar-refractivity contribution in [3.8, 4) is 29.4 Å². The summed E-state index contributed by atoms with van der Waals surface area (Å²) in [5, 5.41) is 25.4. The Morgan fingerprint density at radius 2 is 1.05 bits per heavy atom. The highest BCUT2D eigenvalue weighted by Gasteiger charge is 2.30. The third-order valence-electron chi connectivity index (χ3n) is 4.30. The van der Waals surface area contributed by atoms with E-state index in [1.54, 1.807) is 6.07 Å². The molecule has 4 rings (SSSR count). The van der Waals surface area contributed by atoms with Gasteiger partial charge < -0.3 is 9.84 Å². The van der Waals surface area contributed by atoms with Crippen molar-refractivity contribution in [2.45, 2.75) is 12.4 Å². The summed E-state index contributed by atoms with van der Waals surface area (Å²) in [6, 6.07) is 17.1. The molecule has 2 heterocycles. The monoisotopic (exact) mass is 548 g/mol. The number of ether oxygens (including phenoxy) is 1. The topological polar surface area (TPSA) is 103 Å². The fourth-order valence-electron chi connectivity index (χ4n) is 2.45. The van der Waals surface area contributed by atoms with Gasteiger partial charge in [-0.3, -0.25) is 0 Å². The fourth-order valence-corrected chi connectivity index (χ4v) is 2.45. The van der Waals surface area contributed by atoms with Crippen LogP contribution in [0.15, 0.2) is 85.2 Å². The summed E-state index contributed by atoms with van der Waals surface area (Å²) >= 11 is 0. The predicted molar refractivity (Wildman–Crippen MR) is 122 cm³/mol. The van der Waals surface area contributed by atoms with Crippen molar-refractivity contribution in [1.29, 1.82) is 10.5 Å². The number of phenolic OH excluding ortho intramolecular Hbond substituents is 1. The highest BCUT2D eigenvalue weighted by molar-refractivity contribution is 5.34. The Hall–Kier alpha value is -5.17. The average molecular weight is 548 g/mol. The maximum absolute atomic E-state index is 12.3. The molecule has 0 atom stereocenters. The molecule has 4 aromatic rings. The SMILES string of the molecule is N#Cc1ccc(F)cn1.N#Cc1ccc(Oc2ccc(C(F)(F)F)cc2)cn1.Oc1ccc(C(F)(F)F)cc1. The Balaban J connectivity index is 0.000000226. The summed E-state index contributed by atoms with van der Waals surface area (Å²) in [4.78, 5) is 7.24. The van der Waals surface area contributed by atoms with E-state index in [0.29, 0.717) is 5.75 Å². The van der Waals surface area contributed by atoms with E-state index in [2.05, 4.69) is 9.97 Å². The van der Waals surface area contributed by atoms with Crippen LogP contribution in [0, 0.1) is 28.5 Å². The molecule has 1 N–H and O–H groups in total. The number of pyridine rings is 2. The number of halogens is 7. The van der Waals surface area contributed by atoms with Crippen LogP contribution in [0.5, 0.6) is 17.2 Å². The Labute approximate surface area is 216 Å². The van der Waals surface area contributed by atoms with Crippen LogP contribution in [0.25, 0.3) is 0 Å². The largest absolute Gasteiger partial charge is 0.508 e. The standard InChI is InChI=1S/C13H7F3N2O.C7H5F3O.C6H3FN2/c14-13(15,16)9-1-4-11(5-2-9)19-12-6-3-10(7-17)18-8-12;8-7(9,10)5-1-3-6(11)4-2-5;7-5-1-2-6(3-8)9-4-5/h1-6,8H;1-4,11H;1-2,4H. The molecule has 0 aliphatic rings. The minimum Gasteiger partial charge on any atom is -0.508 e. The molecule has 0 saturated heterocycles. The Morgan fingerprint density at radius 3 is 1.44 bits per heavy atom. The van der Waals surface area contributed by atoms with E-state index in [4.69, 9.17) is 20.4 Å². The quantitative estimate of drug-likeness (QED) is 0.264. The van der Waals surface area contributed by atoms with Crippen LogP contribution in [0.1, 0.15) is 22.5 Å². The van der Waals surface area contributed by atoms with Crippen LogP contribution in [-0.4, -0.2) is 15.1 Å². The number of aromatic hydroxyl groups is 1. The lowest BCUT2D eigenvalue weighted by atomic mass is 10.2. The lowest BCUT2D eigenvalue weighted by Crippen LogP contribution is -2.03. The number of hydrogen-bond donors (Lipinski definition) is 1. The first-order valence-corrected chi connectivity index (χ1v) is 10.4. The highest BCUT2D eigenvalue weighted by atomic mass is 19.4. The van der Waals surface area contributed by atoms with E-state index >= 15 is 0 Å². The number of phenols is 1. The van der Waals surface area contributed by atoms with Crippen molar-refractivity contribution < 1.29 is 40.6 Å². The molecule has 13 heteroatoms. The first-order chi connectivity index (χ1) is 18.3. The molecule has 0 amide bonds. The molecule has 0 aliphatic heterocycles. The van der Waals surface area contributed by atoms with Gasteiger partial charge in [-0.05, 0) is 72.8 Å². The molecule has 200 valence electrons. The van der Waals surface area contributed by atoms with Crippen molar-refractivity contribution in [2.24, 2.45) is 0 Å². The van der Waals surface area contributed by atoms with Crippen LogP contribution in [0.3, 0.4) is 0 Å². The van der Waals surface area contributed by atoms with E-state index < -0.39 is 29.3 Å². The maximum atomic E-state index is 12.3. The molecule has 0 unspecified atom stereocenters. The molecule has 0 saturated carbocycles. The predicted octanol–water partition coefficient (Wildman–Crippen LogP) is 7.27. The molecule has 0 spiro atoms. The summed E-state index contributed by atoms with van der Waals surface area (Å²) in [7, 11) is 0. The fraction of sp³-hybridized carbons (Fsp3) is 0.0769. The van der Waals surface area contributed by atoms with Gasteiger partial charge in [-0.15, -0.1) is 0 Å². The second-order valence-electron chi connectivity index (χ2n) is 7.13. The molecule has 0 bridgehead atoms. The Bertz CT molecular complexity index is 1410. The van der Waals surface area contributed by atoms with Gasteiger partial charge in [-0.2, -0.15) is 36.9 Å². The summed E-state index contributed by atoms with van der Waals surface area (Å²) in [5.41, 5.74) is -1.02. The normalized spacial score (nSPS) is 10.5. The van der Waals surface area contributed by atoms with E-state index in [-0.39, 0.29) is 22.9 Å². The van der Waals surface area contributed by atoms with Crippen molar-refractivity contribution in [1.82, 2.24) is 9.97 Å². The lowest BCUT2D eigenvalue weighted by molar-refractivity contribution is -0.138. The van der Waals surface area contributed by atoms with E-state index in [1.165, 1.54) is 42.6 Å². The first kappa shape index (κ1) is 30.1. The molecular formula is C26H15F7N4O2. The lowest BCUT2D eigenvalue weighted by Gasteiger charge is -2.08. The van der Waals surface area contributed by atoms with Crippen molar-refractivity contribution in [2.75, 3.05) is 0 Å². The minimum atomic E-state index is -4.37. The van der Waals surface area contributed by atoms with E-state index in [1.807, 2.05) is 6.07 Å². The Kier molecular flexibility index (Phi) is 10.3. The van der Waals surface area contributed by atoms with E-state index in [0.717, 1.165) is 42.6 Å². The number of nitriles is 2. The number of alkyl halides is 6.